The Bertz CT molecular complexity index is 417. The molecule has 1 atom stereocenters. The predicted octanol–water partition coefficient (Wildman–Crippen LogP) is 1.15. The van der Waals surface area contributed by atoms with Crippen LogP contribution in [0.5, 0.6) is 0 Å². The van der Waals surface area contributed by atoms with E-state index in [9.17, 15) is 4.79 Å². The van der Waals surface area contributed by atoms with E-state index < -0.39 is 0 Å². The van der Waals surface area contributed by atoms with Crippen molar-refractivity contribution < 1.29 is 14.3 Å². The highest BCUT2D eigenvalue weighted by atomic mass is 16.5. The summed E-state index contributed by atoms with van der Waals surface area (Å²) >= 11 is 0. The Morgan fingerprint density at radius 1 is 1.53 bits per heavy atom. The summed E-state index contributed by atoms with van der Waals surface area (Å²) in [6, 6.07) is 7.39. The normalized spacial score (nSPS) is 19.1. The first-order valence-corrected chi connectivity index (χ1v) is 6.59. The number of para-hydroxylation sites is 1. The van der Waals surface area contributed by atoms with Gasteiger partial charge in [0.25, 0.3) is 0 Å². The van der Waals surface area contributed by atoms with Gasteiger partial charge in [-0.15, -0.1) is 0 Å². The molecule has 1 aliphatic heterocycles. The second-order valence-electron chi connectivity index (χ2n) is 4.37. The number of anilines is 1. The number of hydrogen-bond acceptors (Lipinski definition) is 4. The highest BCUT2D eigenvalue weighted by Crippen LogP contribution is 2.16. The molecular formula is C14H20N2O3. The topological polar surface area (TPSA) is 59.6 Å². The Kier molecular flexibility index (Phi) is 5.32. The largest absolute Gasteiger partial charge is 0.378 e. The van der Waals surface area contributed by atoms with Gasteiger partial charge in [-0.3, -0.25) is 4.79 Å². The fourth-order valence-corrected chi connectivity index (χ4v) is 1.93. The maximum absolute atomic E-state index is 12.1. The predicted molar refractivity (Wildman–Crippen MR) is 73.0 cm³/mol. The van der Waals surface area contributed by atoms with Gasteiger partial charge in [0.15, 0.2) is 0 Å². The number of carbonyl (C=O) groups excluding carboxylic acids is 1. The monoisotopic (exact) mass is 264 g/mol. The number of carbonyl (C=O) groups is 1. The molecule has 2 rings (SSSR count). The molecule has 5 heteroatoms. The zero-order chi connectivity index (χ0) is 13.5. The van der Waals surface area contributed by atoms with Gasteiger partial charge in [0.05, 0.1) is 19.8 Å². The van der Waals surface area contributed by atoms with Crippen LogP contribution >= 0.6 is 0 Å². The first-order chi connectivity index (χ1) is 9.31. The smallest absolute Gasteiger partial charge is 0.243 e. The summed E-state index contributed by atoms with van der Waals surface area (Å²) in [5.41, 5.74) is 1.78. The number of benzene rings is 1. The molecule has 1 fully saturated rings. The average molecular weight is 264 g/mol. The highest BCUT2D eigenvalue weighted by molar-refractivity contribution is 5.95. The van der Waals surface area contributed by atoms with Crippen LogP contribution in [-0.4, -0.2) is 38.3 Å². The molecule has 5 nitrogen and oxygen atoms in total. The van der Waals surface area contributed by atoms with E-state index in [0.717, 1.165) is 11.3 Å². The van der Waals surface area contributed by atoms with E-state index in [0.29, 0.717) is 33.0 Å². The van der Waals surface area contributed by atoms with Gasteiger partial charge in [-0.25, -0.2) is 0 Å². The van der Waals surface area contributed by atoms with Gasteiger partial charge in [-0.1, -0.05) is 18.2 Å². The van der Waals surface area contributed by atoms with Gasteiger partial charge in [0, 0.05) is 24.4 Å². The molecule has 104 valence electrons. The third-order valence-corrected chi connectivity index (χ3v) is 2.98. The van der Waals surface area contributed by atoms with Crippen LogP contribution in [0.25, 0.3) is 0 Å². The van der Waals surface area contributed by atoms with Crippen molar-refractivity contribution >= 4 is 11.6 Å². The number of rotatable bonds is 5. The fraction of sp³-hybridized carbons (Fsp3) is 0.500. The molecule has 1 heterocycles. The number of morpholine rings is 1. The Hall–Kier alpha value is -1.43. The Morgan fingerprint density at radius 3 is 3.11 bits per heavy atom. The van der Waals surface area contributed by atoms with Gasteiger partial charge in [0.1, 0.15) is 6.04 Å². The Labute approximate surface area is 113 Å². The van der Waals surface area contributed by atoms with Gasteiger partial charge < -0.3 is 20.1 Å². The minimum absolute atomic E-state index is 0.0661. The fourth-order valence-electron chi connectivity index (χ4n) is 1.93. The average Bonchev–Trinajstić information content (AvgIpc) is 2.47. The van der Waals surface area contributed by atoms with E-state index in [4.69, 9.17) is 9.47 Å². The summed E-state index contributed by atoms with van der Waals surface area (Å²) in [6.07, 6.45) is 0. The SMILES string of the molecule is CCOCc1ccccc1NC(=O)C1COCCN1. The molecule has 19 heavy (non-hydrogen) atoms. The van der Waals surface area contributed by atoms with E-state index in [1.165, 1.54) is 0 Å². The quantitative estimate of drug-likeness (QED) is 0.837. The van der Waals surface area contributed by atoms with Crippen molar-refractivity contribution in [2.45, 2.75) is 19.6 Å². The number of ether oxygens (including phenoxy) is 2. The van der Waals surface area contributed by atoms with Crippen molar-refractivity contribution in [1.29, 1.82) is 0 Å². The van der Waals surface area contributed by atoms with Gasteiger partial charge in [0.2, 0.25) is 5.91 Å². The molecule has 1 unspecified atom stereocenters. The van der Waals surface area contributed by atoms with E-state index in [-0.39, 0.29) is 11.9 Å². The molecule has 2 N–H and O–H groups in total. The van der Waals surface area contributed by atoms with Gasteiger partial charge in [-0.05, 0) is 13.0 Å². The molecule has 0 spiro atoms. The van der Waals surface area contributed by atoms with Crippen LogP contribution in [0, 0.1) is 0 Å². The molecule has 1 amide bonds. The first-order valence-electron chi connectivity index (χ1n) is 6.59. The minimum atomic E-state index is -0.283. The van der Waals surface area contributed by atoms with Crippen molar-refractivity contribution in [1.82, 2.24) is 5.32 Å². The Morgan fingerprint density at radius 2 is 2.37 bits per heavy atom. The lowest BCUT2D eigenvalue weighted by Crippen LogP contribution is -2.48. The second-order valence-corrected chi connectivity index (χ2v) is 4.37. The number of amides is 1. The standard InChI is InChI=1S/C14H20N2O3/c1-2-18-9-11-5-3-4-6-12(11)16-14(17)13-10-19-8-7-15-13/h3-6,13,15H,2,7-10H2,1H3,(H,16,17). The third kappa shape index (κ3) is 4.02. The molecule has 0 saturated carbocycles. The summed E-state index contributed by atoms with van der Waals surface area (Å²) in [4.78, 5) is 12.1. The van der Waals surface area contributed by atoms with Gasteiger partial charge >= 0.3 is 0 Å². The lowest BCUT2D eigenvalue weighted by molar-refractivity contribution is -0.120. The van der Waals surface area contributed by atoms with Crippen LogP contribution in [0.15, 0.2) is 24.3 Å². The lowest BCUT2D eigenvalue weighted by Gasteiger charge is -2.23. The lowest BCUT2D eigenvalue weighted by atomic mass is 10.1. The molecule has 0 bridgehead atoms. The second kappa shape index (κ2) is 7.23. The van der Waals surface area contributed by atoms with E-state index >= 15 is 0 Å². The zero-order valence-electron chi connectivity index (χ0n) is 11.1. The maximum atomic E-state index is 12.1. The van der Waals surface area contributed by atoms with Crippen LogP contribution in [0.2, 0.25) is 0 Å². The Balaban J connectivity index is 1.99. The molecule has 0 aliphatic carbocycles. The summed E-state index contributed by atoms with van der Waals surface area (Å²) in [7, 11) is 0. The number of nitrogens with one attached hydrogen (secondary N) is 2. The van der Waals surface area contributed by atoms with Crippen molar-refractivity contribution in [3.05, 3.63) is 29.8 Å². The van der Waals surface area contributed by atoms with Crippen LogP contribution in [0.4, 0.5) is 5.69 Å². The molecule has 1 aromatic carbocycles. The third-order valence-electron chi connectivity index (χ3n) is 2.98. The van der Waals surface area contributed by atoms with Gasteiger partial charge in [-0.2, -0.15) is 0 Å². The molecule has 1 aliphatic rings. The van der Waals surface area contributed by atoms with Crippen LogP contribution in [-0.2, 0) is 20.9 Å². The zero-order valence-corrected chi connectivity index (χ0v) is 11.1. The van der Waals surface area contributed by atoms with Crippen molar-refractivity contribution in [2.24, 2.45) is 0 Å². The molecule has 1 saturated heterocycles. The van der Waals surface area contributed by atoms with Crippen molar-refractivity contribution in [3.8, 4) is 0 Å². The van der Waals surface area contributed by atoms with Crippen LogP contribution in [0.3, 0.4) is 0 Å². The van der Waals surface area contributed by atoms with E-state index in [1.807, 2.05) is 31.2 Å². The minimum Gasteiger partial charge on any atom is -0.378 e. The van der Waals surface area contributed by atoms with E-state index in [2.05, 4.69) is 10.6 Å². The molecule has 1 aromatic rings. The highest BCUT2D eigenvalue weighted by Gasteiger charge is 2.21. The van der Waals surface area contributed by atoms with Crippen LogP contribution < -0.4 is 10.6 Å². The summed E-state index contributed by atoms with van der Waals surface area (Å²) in [5.74, 6) is -0.0661. The van der Waals surface area contributed by atoms with Crippen molar-refractivity contribution in [2.75, 3.05) is 31.7 Å². The molecule has 0 aromatic heterocycles. The first kappa shape index (κ1) is 14.0. The summed E-state index contributed by atoms with van der Waals surface area (Å²) in [5, 5.41) is 6.06. The van der Waals surface area contributed by atoms with Crippen LogP contribution in [0.1, 0.15) is 12.5 Å². The van der Waals surface area contributed by atoms with Crippen molar-refractivity contribution in [3.63, 3.8) is 0 Å². The molecule has 0 radical (unpaired) electrons. The summed E-state index contributed by atoms with van der Waals surface area (Å²) < 4.78 is 10.7. The van der Waals surface area contributed by atoms with E-state index in [1.54, 1.807) is 0 Å². The molecular weight excluding hydrogens is 244 g/mol. The number of hydrogen-bond donors (Lipinski definition) is 2. The maximum Gasteiger partial charge on any atom is 0.243 e. The summed E-state index contributed by atoms with van der Waals surface area (Å²) in [6.45, 7) is 4.88.